The van der Waals surface area contributed by atoms with E-state index < -0.39 is 0 Å². The fourth-order valence-electron chi connectivity index (χ4n) is 10.1. The minimum absolute atomic E-state index is 1.16. The molecule has 0 aliphatic rings. The average Bonchev–Trinajstić information content (AvgIpc) is 3.40. The highest BCUT2D eigenvalue weighted by atomic mass is 32.2. The van der Waals surface area contributed by atoms with Crippen LogP contribution in [0.2, 0.25) is 0 Å². The fraction of sp³-hybridized carbons (Fsp3) is 0.701. The second-order valence-corrected chi connectivity index (χ2v) is 28.1. The highest BCUT2D eigenvalue weighted by Crippen LogP contribution is 2.48. The van der Waals surface area contributed by atoms with Crippen molar-refractivity contribution < 1.29 is 0 Å². The Morgan fingerprint density at radius 3 is 0.589 bits per heavy atom. The van der Waals surface area contributed by atoms with Crippen molar-refractivity contribution in [1.82, 2.24) is 0 Å². The van der Waals surface area contributed by atoms with E-state index in [1.807, 2.05) is 0 Å². The van der Waals surface area contributed by atoms with Crippen LogP contribution in [-0.4, -0.2) is 34.5 Å². The molecule has 4 aromatic rings. The Morgan fingerprint density at radius 1 is 0.247 bits per heavy atom. The van der Waals surface area contributed by atoms with Gasteiger partial charge in [-0.1, -0.05) is 220 Å². The molecule has 0 heterocycles. The summed E-state index contributed by atoms with van der Waals surface area (Å²) in [6, 6.07) is 16.2. The predicted octanol–water partition coefficient (Wildman–Crippen LogP) is 26.0. The van der Waals surface area contributed by atoms with Gasteiger partial charge in [0.1, 0.15) is 0 Å². The number of hydrogen-bond donors (Lipinski definition) is 0. The van der Waals surface area contributed by atoms with Gasteiger partial charge >= 0.3 is 0 Å². The molecule has 0 spiro atoms. The summed E-state index contributed by atoms with van der Waals surface area (Å²) in [6.45, 7) is 15.6. The SMILES string of the molecule is C=CCCCCCCCSc1cc2c3cc(SCCCCCCCC)c(SCCCCCCCC)cc3c3cc(SCCCCCCCC)c(SCCCCCCCC)cc3c2cc1SCCCCCCCC. The van der Waals surface area contributed by atoms with Crippen molar-refractivity contribution >= 4 is 103 Å². The summed E-state index contributed by atoms with van der Waals surface area (Å²) in [5.74, 6) is 7.32. The van der Waals surface area contributed by atoms with Crippen molar-refractivity contribution in [3.63, 3.8) is 0 Å². The van der Waals surface area contributed by atoms with Gasteiger partial charge in [-0.25, -0.2) is 0 Å². The third-order valence-electron chi connectivity index (χ3n) is 14.7. The minimum Gasteiger partial charge on any atom is -0.125 e. The fourth-order valence-corrected chi connectivity index (χ4v) is 17.0. The van der Waals surface area contributed by atoms with E-state index in [4.69, 9.17) is 0 Å². The monoisotopic (exact) mass is 1100 g/mol. The second kappa shape index (κ2) is 43.4. The summed E-state index contributed by atoms with van der Waals surface area (Å²) >= 11 is 13.0. The largest absolute Gasteiger partial charge is 0.125 e. The van der Waals surface area contributed by atoms with Crippen LogP contribution in [0.1, 0.15) is 266 Å². The van der Waals surface area contributed by atoms with Crippen LogP contribution >= 0.6 is 70.6 Å². The van der Waals surface area contributed by atoms with E-state index in [2.05, 4.69) is 154 Å². The molecule has 4 aromatic carbocycles. The maximum absolute atomic E-state index is 3.96. The summed E-state index contributed by atoms with van der Waals surface area (Å²) in [5, 5.41) is 8.96. The minimum atomic E-state index is 1.16. The number of fused-ring (bicyclic) bond motifs is 6. The molecule has 0 nitrogen and oxygen atoms in total. The van der Waals surface area contributed by atoms with Crippen LogP contribution in [0, 0.1) is 0 Å². The molecule has 0 aliphatic carbocycles. The number of unbranched alkanes of at least 4 members (excludes halogenated alkanes) is 30. The van der Waals surface area contributed by atoms with Crippen LogP contribution in [0.3, 0.4) is 0 Å². The Kier molecular flexibility index (Phi) is 38.6. The van der Waals surface area contributed by atoms with Gasteiger partial charge in [-0.05, 0) is 155 Å². The topological polar surface area (TPSA) is 0 Å². The van der Waals surface area contributed by atoms with Crippen molar-refractivity contribution in [3.8, 4) is 0 Å². The van der Waals surface area contributed by atoms with E-state index in [0.29, 0.717) is 0 Å². The van der Waals surface area contributed by atoms with Gasteiger partial charge in [0.2, 0.25) is 0 Å². The lowest BCUT2D eigenvalue weighted by molar-refractivity contribution is 0.626. The molecule has 412 valence electrons. The number of rotatable bonds is 49. The molecule has 73 heavy (non-hydrogen) atoms. The first-order valence-electron chi connectivity index (χ1n) is 31.0. The van der Waals surface area contributed by atoms with Crippen molar-refractivity contribution in [2.75, 3.05) is 34.5 Å². The van der Waals surface area contributed by atoms with Gasteiger partial charge < -0.3 is 0 Å². The molecule has 0 fully saturated rings. The first kappa shape index (κ1) is 65.0. The van der Waals surface area contributed by atoms with Gasteiger partial charge in [0.15, 0.2) is 0 Å². The molecular weight excluding hydrogens is 997 g/mol. The average molecular weight is 1110 g/mol. The van der Waals surface area contributed by atoms with E-state index >= 15 is 0 Å². The number of benzene rings is 4. The van der Waals surface area contributed by atoms with E-state index in [1.54, 1.807) is 0 Å². The molecule has 0 N–H and O–H groups in total. The highest BCUT2D eigenvalue weighted by Gasteiger charge is 2.19. The lowest BCUT2D eigenvalue weighted by Gasteiger charge is -2.20. The molecule has 0 bridgehead atoms. The van der Waals surface area contributed by atoms with E-state index in [0.717, 1.165) is 6.42 Å². The zero-order chi connectivity index (χ0) is 51.8. The van der Waals surface area contributed by atoms with Gasteiger partial charge in [0.05, 0.1) is 0 Å². The first-order valence-corrected chi connectivity index (χ1v) is 36.9. The van der Waals surface area contributed by atoms with Gasteiger partial charge in [-0.3, -0.25) is 0 Å². The summed E-state index contributed by atoms with van der Waals surface area (Å²) < 4.78 is 0. The Balaban J connectivity index is 1.87. The lowest BCUT2D eigenvalue weighted by atomic mass is 9.94. The van der Waals surface area contributed by atoms with Crippen molar-refractivity contribution in [2.45, 2.75) is 295 Å². The maximum Gasteiger partial charge on any atom is 0.0215 e. The van der Waals surface area contributed by atoms with E-state index in [-0.39, 0.29) is 0 Å². The summed E-state index contributed by atoms with van der Waals surface area (Å²) in [6.07, 6.45) is 50.7. The molecule has 0 atom stereocenters. The molecule has 0 radical (unpaired) electrons. The van der Waals surface area contributed by atoms with Gasteiger partial charge in [0.25, 0.3) is 0 Å². The Hall–Kier alpha value is -0.500. The van der Waals surface area contributed by atoms with Crippen molar-refractivity contribution in [3.05, 3.63) is 49.1 Å². The Labute approximate surface area is 477 Å². The molecule has 0 aliphatic heterocycles. The van der Waals surface area contributed by atoms with Crippen LogP contribution in [0.5, 0.6) is 0 Å². The molecular formula is C67H108S6. The van der Waals surface area contributed by atoms with Crippen LogP contribution in [0.4, 0.5) is 0 Å². The zero-order valence-corrected chi connectivity index (χ0v) is 52.8. The van der Waals surface area contributed by atoms with Gasteiger partial charge in [-0.15, -0.1) is 77.2 Å². The molecule has 6 heteroatoms. The van der Waals surface area contributed by atoms with Crippen LogP contribution in [0.15, 0.2) is 78.4 Å². The molecule has 4 rings (SSSR count). The zero-order valence-electron chi connectivity index (χ0n) is 47.9. The van der Waals surface area contributed by atoms with E-state index in [1.165, 1.54) is 321 Å². The molecule has 0 amide bonds. The lowest BCUT2D eigenvalue weighted by Crippen LogP contribution is -1.94. The Bertz CT molecular complexity index is 1970. The first-order chi connectivity index (χ1) is 36.1. The third-order valence-corrected chi connectivity index (χ3v) is 21.9. The van der Waals surface area contributed by atoms with Crippen LogP contribution in [-0.2, 0) is 0 Å². The highest BCUT2D eigenvalue weighted by molar-refractivity contribution is 8.03. The summed E-state index contributed by atoms with van der Waals surface area (Å²) in [4.78, 5) is 9.21. The second-order valence-electron chi connectivity index (χ2n) is 21.3. The molecule has 0 saturated heterocycles. The van der Waals surface area contributed by atoms with Gasteiger partial charge in [0, 0.05) is 29.4 Å². The predicted molar refractivity (Wildman–Crippen MR) is 348 cm³/mol. The summed E-state index contributed by atoms with van der Waals surface area (Å²) in [5.41, 5.74) is 0. The smallest absolute Gasteiger partial charge is 0.0215 e. The number of allylic oxidation sites excluding steroid dienone is 1. The number of thioether (sulfide) groups is 6. The third kappa shape index (κ3) is 26.3. The van der Waals surface area contributed by atoms with Crippen molar-refractivity contribution in [2.24, 2.45) is 0 Å². The van der Waals surface area contributed by atoms with E-state index in [9.17, 15) is 0 Å². The van der Waals surface area contributed by atoms with Gasteiger partial charge in [-0.2, -0.15) is 0 Å². The Morgan fingerprint density at radius 2 is 0.411 bits per heavy atom. The van der Waals surface area contributed by atoms with Crippen LogP contribution < -0.4 is 0 Å². The molecule has 0 aromatic heterocycles. The number of hydrogen-bond acceptors (Lipinski definition) is 6. The van der Waals surface area contributed by atoms with Crippen molar-refractivity contribution in [1.29, 1.82) is 0 Å². The maximum atomic E-state index is 3.96. The van der Waals surface area contributed by atoms with Crippen LogP contribution in [0.25, 0.3) is 32.3 Å². The standard InChI is InChI=1S/C67H108S6/c1-7-13-19-25-31-37-43-49-73-67-55-61-59-53-65(71-47-41-35-29-23-17-11-5)63(69-45-39-33-27-21-15-9-3)51-57(59)56-50-62(68-44-38-32-26-20-14-8-2)64(70-46-40-34-28-22-16-10-4)52-58(56)60(61)54-66(67)72-48-42-36-30-24-18-12-6/h7,50-55H,1,8-49H2,2-6H3. The summed E-state index contributed by atoms with van der Waals surface area (Å²) in [7, 11) is 0. The normalized spacial score (nSPS) is 11.8. The molecule has 0 unspecified atom stereocenters. The molecule has 0 saturated carbocycles. The quantitative estimate of drug-likeness (QED) is 0.0186.